The Morgan fingerprint density at radius 3 is 2.48 bits per heavy atom. The predicted molar refractivity (Wildman–Crippen MR) is 84.3 cm³/mol. The SMILES string of the molecule is NCC1(C(=O)N2CCSCC2CC(=O)O)CCCCCC1. The zero-order chi connectivity index (χ0) is 15.3. The van der Waals surface area contributed by atoms with Crippen molar-refractivity contribution in [3.63, 3.8) is 0 Å². The van der Waals surface area contributed by atoms with E-state index in [1.54, 1.807) is 11.8 Å². The first-order valence-electron chi connectivity index (χ1n) is 7.90. The van der Waals surface area contributed by atoms with Crippen molar-refractivity contribution >= 4 is 23.6 Å². The number of rotatable bonds is 4. The average molecular weight is 314 g/mol. The van der Waals surface area contributed by atoms with Crippen LogP contribution in [0, 0.1) is 5.41 Å². The van der Waals surface area contributed by atoms with Gasteiger partial charge in [-0.15, -0.1) is 0 Å². The second kappa shape index (κ2) is 7.49. The van der Waals surface area contributed by atoms with Crippen LogP contribution in [0.4, 0.5) is 0 Å². The van der Waals surface area contributed by atoms with E-state index >= 15 is 0 Å². The minimum absolute atomic E-state index is 0.0411. The molecule has 3 N–H and O–H groups in total. The number of hydrogen-bond acceptors (Lipinski definition) is 4. The van der Waals surface area contributed by atoms with E-state index in [9.17, 15) is 9.59 Å². The van der Waals surface area contributed by atoms with E-state index < -0.39 is 11.4 Å². The summed E-state index contributed by atoms with van der Waals surface area (Å²) in [5, 5.41) is 9.07. The summed E-state index contributed by atoms with van der Waals surface area (Å²) in [5.41, 5.74) is 5.54. The van der Waals surface area contributed by atoms with Gasteiger partial charge in [-0.1, -0.05) is 25.7 Å². The quantitative estimate of drug-likeness (QED) is 0.772. The Morgan fingerprint density at radius 2 is 1.90 bits per heavy atom. The third-order valence-corrected chi connectivity index (χ3v) is 5.90. The topological polar surface area (TPSA) is 83.6 Å². The lowest BCUT2D eigenvalue weighted by molar-refractivity contribution is -0.146. The van der Waals surface area contributed by atoms with Crippen LogP contribution < -0.4 is 5.73 Å². The van der Waals surface area contributed by atoms with Gasteiger partial charge in [0.15, 0.2) is 0 Å². The first kappa shape index (κ1) is 16.6. The number of amides is 1. The Morgan fingerprint density at radius 1 is 1.24 bits per heavy atom. The fourth-order valence-electron chi connectivity index (χ4n) is 3.51. The van der Waals surface area contributed by atoms with E-state index in [0.29, 0.717) is 13.1 Å². The Bertz CT molecular complexity index is 381. The summed E-state index contributed by atoms with van der Waals surface area (Å²) in [6.07, 6.45) is 6.19. The van der Waals surface area contributed by atoms with E-state index in [4.69, 9.17) is 10.8 Å². The standard InChI is InChI=1S/C15H26N2O3S/c16-11-15(5-3-1-2-4-6-15)14(20)17-7-8-21-10-12(17)9-13(18)19/h12H,1-11,16H2,(H,18,19). The molecule has 0 aromatic carbocycles. The van der Waals surface area contributed by atoms with Gasteiger partial charge in [0.1, 0.15) is 0 Å². The smallest absolute Gasteiger partial charge is 0.305 e. The molecular weight excluding hydrogens is 288 g/mol. The summed E-state index contributed by atoms with van der Waals surface area (Å²) < 4.78 is 0. The third-order valence-electron chi connectivity index (χ3n) is 4.80. The van der Waals surface area contributed by atoms with Gasteiger partial charge in [-0.25, -0.2) is 0 Å². The number of carbonyl (C=O) groups excluding carboxylic acids is 1. The van der Waals surface area contributed by atoms with Gasteiger partial charge in [-0.3, -0.25) is 9.59 Å². The summed E-state index contributed by atoms with van der Waals surface area (Å²) in [6.45, 7) is 1.04. The normalized spacial score (nSPS) is 26.1. The molecule has 0 aromatic rings. The molecule has 21 heavy (non-hydrogen) atoms. The van der Waals surface area contributed by atoms with Gasteiger partial charge in [0.05, 0.1) is 17.9 Å². The number of hydrogen-bond donors (Lipinski definition) is 2. The van der Waals surface area contributed by atoms with Gasteiger partial charge in [0.25, 0.3) is 0 Å². The minimum atomic E-state index is -0.831. The van der Waals surface area contributed by atoms with Crippen LogP contribution in [0.2, 0.25) is 0 Å². The summed E-state index contributed by atoms with van der Waals surface area (Å²) in [4.78, 5) is 26.0. The van der Waals surface area contributed by atoms with Crippen molar-refractivity contribution in [2.24, 2.45) is 11.1 Å². The minimum Gasteiger partial charge on any atom is -0.481 e. The van der Waals surface area contributed by atoms with Gasteiger partial charge >= 0.3 is 5.97 Å². The van der Waals surface area contributed by atoms with E-state index in [1.165, 1.54) is 12.8 Å². The molecule has 0 spiro atoms. The molecule has 1 unspecified atom stereocenters. The highest BCUT2D eigenvalue weighted by Crippen LogP contribution is 2.37. The van der Waals surface area contributed by atoms with Crippen LogP contribution in [-0.4, -0.2) is 52.5 Å². The lowest BCUT2D eigenvalue weighted by Crippen LogP contribution is -2.55. The average Bonchev–Trinajstić information content (AvgIpc) is 2.73. The lowest BCUT2D eigenvalue weighted by Gasteiger charge is -2.41. The predicted octanol–water partition coefficient (Wildman–Crippen LogP) is 1.70. The van der Waals surface area contributed by atoms with Crippen LogP contribution in [0.5, 0.6) is 0 Å². The van der Waals surface area contributed by atoms with Crippen LogP contribution in [0.15, 0.2) is 0 Å². The van der Waals surface area contributed by atoms with Crippen molar-refractivity contribution in [3.8, 4) is 0 Å². The molecule has 1 amide bonds. The molecule has 0 bridgehead atoms. The van der Waals surface area contributed by atoms with Crippen LogP contribution >= 0.6 is 11.8 Å². The van der Waals surface area contributed by atoms with Crippen LogP contribution in [0.1, 0.15) is 44.9 Å². The number of carbonyl (C=O) groups is 2. The monoisotopic (exact) mass is 314 g/mol. The molecule has 1 atom stereocenters. The van der Waals surface area contributed by atoms with Gasteiger partial charge < -0.3 is 15.7 Å². The molecule has 1 aliphatic heterocycles. The summed E-state index contributed by atoms with van der Waals surface area (Å²) in [7, 11) is 0. The highest BCUT2D eigenvalue weighted by Gasteiger charge is 2.42. The van der Waals surface area contributed by atoms with Crippen LogP contribution in [-0.2, 0) is 9.59 Å². The van der Waals surface area contributed by atoms with E-state index in [1.807, 2.05) is 4.90 Å². The van der Waals surface area contributed by atoms with Crippen LogP contribution in [0.3, 0.4) is 0 Å². The zero-order valence-electron chi connectivity index (χ0n) is 12.6. The fraction of sp³-hybridized carbons (Fsp3) is 0.867. The van der Waals surface area contributed by atoms with Crippen LogP contribution in [0.25, 0.3) is 0 Å². The van der Waals surface area contributed by atoms with Crippen molar-refractivity contribution < 1.29 is 14.7 Å². The first-order chi connectivity index (χ1) is 10.1. The number of carboxylic acid groups (broad SMARTS) is 1. The second-order valence-corrected chi connectivity index (χ2v) is 7.37. The summed E-state index contributed by atoms with van der Waals surface area (Å²) >= 11 is 1.73. The molecule has 120 valence electrons. The molecule has 1 saturated heterocycles. The van der Waals surface area contributed by atoms with Gasteiger partial charge in [0, 0.05) is 24.6 Å². The zero-order valence-corrected chi connectivity index (χ0v) is 13.4. The maximum Gasteiger partial charge on any atom is 0.305 e. The van der Waals surface area contributed by atoms with Crippen molar-refractivity contribution in [1.29, 1.82) is 0 Å². The molecule has 2 rings (SSSR count). The molecule has 1 heterocycles. The van der Waals surface area contributed by atoms with Crippen molar-refractivity contribution in [1.82, 2.24) is 4.90 Å². The Labute approximate surface area is 130 Å². The Balaban J connectivity index is 2.15. The largest absolute Gasteiger partial charge is 0.481 e. The number of nitrogens with zero attached hydrogens (tertiary/aromatic N) is 1. The van der Waals surface area contributed by atoms with Crippen molar-refractivity contribution in [3.05, 3.63) is 0 Å². The second-order valence-electron chi connectivity index (χ2n) is 6.22. The van der Waals surface area contributed by atoms with E-state index in [-0.39, 0.29) is 18.4 Å². The number of nitrogens with two attached hydrogens (primary N) is 1. The Kier molecular flexibility index (Phi) is 5.93. The van der Waals surface area contributed by atoms with Crippen molar-refractivity contribution in [2.45, 2.75) is 51.0 Å². The number of aliphatic carboxylic acids is 1. The molecule has 6 heteroatoms. The van der Waals surface area contributed by atoms with Gasteiger partial charge in [-0.05, 0) is 12.8 Å². The molecule has 2 aliphatic rings. The maximum atomic E-state index is 13.1. The summed E-state index contributed by atoms with van der Waals surface area (Å²) in [6, 6.07) is -0.180. The Hall–Kier alpha value is -0.750. The molecule has 0 aromatic heterocycles. The molecule has 2 fully saturated rings. The number of carboxylic acids is 1. The molecule has 1 aliphatic carbocycles. The first-order valence-corrected chi connectivity index (χ1v) is 9.05. The maximum absolute atomic E-state index is 13.1. The van der Waals surface area contributed by atoms with E-state index in [0.717, 1.165) is 37.2 Å². The van der Waals surface area contributed by atoms with Crippen molar-refractivity contribution in [2.75, 3.05) is 24.6 Å². The van der Waals surface area contributed by atoms with Gasteiger partial charge in [0.2, 0.25) is 5.91 Å². The fourth-order valence-corrected chi connectivity index (χ4v) is 4.57. The highest BCUT2D eigenvalue weighted by atomic mass is 32.2. The van der Waals surface area contributed by atoms with Gasteiger partial charge in [-0.2, -0.15) is 11.8 Å². The third kappa shape index (κ3) is 3.92. The molecule has 1 saturated carbocycles. The summed E-state index contributed by atoms with van der Waals surface area (Å²) in [5.74, 6) is 0.891. The lowest BCUT2D eigenvalue weighted by atomic mass is 9.78. The highest BCUT2D eigenvalue weighted by molar-refractivity contribution is 7.99. The molecule has 0 radical (unpaired) electrons. The molecule has 5 nitrogen and oxygen atoms in total. The number of thioether (sulfide) groups is 1. The van der Waals surface area contributed by atoms with E-state index in [2.05, 4.69) is 0 Å². The molecular formula is C15H26N2O3S.